The molecule has 1 aliphatic carbocycles. The van der Waals surface area contributed by atoms with Crippen molar-refractivity contribution in [3.8, 4) is 0 Å². The van der Waals surface area contributed by atoms with Gasteiger partial charge in [0.05, 0.1) is 47.4 Å². The van der Waals surface area contributed by atoms with Crippen LogP contribution in [0.3, 0.4) is 0 Å². The second kappa shape index (κ2) is 18.5. The molecule has 16 heteroatoms. The summed E-state index contributed by atoms with van der Waals surface area (Å²) in [6.07, 6.45) is -2.08. The largest absolute Gasteiger partial charge is 0.416 e. The Morgan fingerprint density at radius 1 is 0.667 bits per heavy atom. The number of hydrogen-bond donors (Lipinski definition) is 5. The van der Waals surface area contributed by atoms with Crippen LogP contribution in [0.15, 0.2) is 138 Å². The van der Waals surface area contributed by atoms with E-state index in [0.717, 1.165) is 35.4 Å². The fourth-order valence-electron chi connectivity index (χ4n) is 7.89. The monoisotopic (exact) mass is 870 g/mol. The Kier molecular flexibility index (Phi) is 13.2. The zero-order valence-corrected chi connectivity index (χ0v) is 34.4. The molecular weight excluding hydrogens is 823 g/mol. The lowest BCUT2D eigenvalue weighted by Gasteiger charge is -2.23. The van der Waals surface area contributed by atoms with E-state index in [0.29, 0.717) is 67.2 Å². The van der Waals surface area contributed by atoms with E-state index < -0.39 is 35.6 Å². The maximum Gasteiger partial charge on any atom is 0.416 e. The molecule has 330 valence electrons. The molecule has 2 amide bonds. The van der Waals surface area contributed by atoms with Gasteiger partial charge in [-0.2, -0.15) is 26.3 Å². The number of amides is 2. The van der Waals surface area contributed by atoms with Crippen LogP contribution in [0.4, 0.5) is 43.4 Å². The zero-order chi connectivity index (χ0) is 45.1. The Labute approximate surface area is 361 Å². The summed E-state index contributed by atoms with van der Waals surface area (Å²) < 4.78 is 81.3. The summed E-state index contributed by atoms with van der Waals surface area (Å²) in [5.41, 5.74) is 23.2. The van der Waals surface area contributed by atoms with Crippen LogP contribution in [0.5, 0.6) is 0 Å². The highest BCUT2D eigenvalue weighted by Gasteiger charge is 2.37. The number of allylic oxidation sites excluding steroid dienone is 4. The second-order valence-electron chi connectivity index (χ2n) is 15.9. The molecule has 0 radical (unpaired) electrons. The lowest BCUT2D eigenvalue weighted by molar-refractivity contribution is -0.138. The summed E-state index contributed by atoms with van der Waals surface area (Å²) in [6.45, 7) is 2.08. The smallest absolute Gasteiger partial charge is 0.399 e. The number of nitrogens with two attached hydrogens (primary N) is 3. The van der Waals surface area contributed by atoms with Gasteiger partial charge in [-0.1, -0.05) is 66.8 Å². The van der Waals surface area contributed by atoms with Gasteiger partial charge >= 0.3 is 12.4 Å². The van der Waals surface area contributed by atoms with Crippen LogP contribution in [0, 0.1) is 0 Å². The van der Waals surface area contributed by atoms with Gasteiger partial charge in [-0.3, -0.25) is 9.59 Å². The number of hydrogen-bond acceptors (Lipinski definition) is 8. The lowest BCUT2D eigenvalue weighted by Crippen LogP contribution is -2.34. The summed E-state index contributed by atoms with van der Waals surface area (Å²) in [5.74, 6) is -0.639. The van der Waals surface area contributed by atoms with Gasteiger partial charge in [0.15, 0.2) is 0 Å². The summed E-state index contributed by atoms with van der Waals surface area (Å²) in [7, 11) is 1.91. The summed E-state index contributed by atoms with van der Waals surface area (Å²) >= 11 is 0. The number of nitrogen functional groups attached to an aromatic ring is 1. The van der Waals surface area contributed by atoms with Crippen molar-refractivity contribution in [2.24, 2.45) is 11.5 Å². The molecule has 3 aliphatic rings. The average Bonchev–Trinajstić information content (AvgIpc) is 3.69. The van der Waals surface area contributed by atoms with Gasteiger partial charge < -0.3 is 42.5 Å². The standard InChI is InChI=1S/C47H48F6N8O2/c1-59(22-6-24-61-28-39(58-37-12-4-10-34(26-37)47(51,52)53)41(45(61)63)43(56)32-17-19-35(54)20-18-32)21-5-23-60-27-38(57-36-11-3-9-33(25-36)46(48,49)50)40(44(60)62)42(55)31-15-13-30(14-16-31)29-7-2-8-29/h2-4,7-20,25-26,42-43,57-58H,5-6,21-24,27-28,54-56H2,1H3/t42-,43-/m1/s1. The van der Waals surface area contributed by atoms with Gasteiger partial charge in [0.1, 0.15) is 0 Å². The van der Waals surface area contributed by atoms with E-state index in [1.54, 1.807) is 34.1 Å². The first-order valence-electron chi connectivity index (χ1n) is 20.4. The minimum absolute atomic E-state index is 0.113. The fourth-order valence-corrected chi connectivity index (χ4v) is 7.89. The molecule has 4 aromatic carbocycles. The maximum atomic E-state index is 14.0. The molecule has 10 nitrogen and oxygen atoms in total. The molecule has 2 atom stereocenters. The number of nitrogens with one attached hydrogen (secondary N) is 2. The normalized spacial score (nSPS) is 16.6. The highest BCUT2D eigenvalue weighted by atomic mass is 19.4. The van der Waals surface area contributed by atoms with Crippen LogP contribution in [0.1, 0.15) is 52.7 Å². The summed E-state index contributed by atoms with van der Waals surface area (Å²) in [6, 6.07) is 22.1. The van der Waals surface area contributed by atoms with E-state index in [9.17, 15) is 35.9 Å². The van der Waals surface area contributed by atoms with Crippen molar-refractivity contribution in [2.75, 3.05) is 62.7 Å². The quantitative estimate of drug-likeness (QED) is 0.0529. The number of carbonyl (C=O) groups is 2. The molecule has 0 spiro atoms. The van der Waals surface area contributed by atoms with E-state index >= 15 is 0 Å². The van der Waals surface area contributed by atoms with Gasteiger partial charge in [-0.05, 0) is 104 Å². The van der Waals surface area contributed by atoms with Gasteiger partial charge in [-0.15, -0.1) is 0 Å². The summed E-state index contributed by atoms with van der Waals surface area (Å²) in [5, 5.41) is 6.12. The van der Waals surface area contributed by atoms with E-state index in [-0.39, 0.29) is 47.4 Å². The molecule has 0 saturated heterocycles. The molecule has 4 aromatic rings. The first kappa shape index (κ1) is 44.7. The van der Waals surface area contributed by atoms with Crippen molar-refractivity contribution in [3.63, 3.8) is 0 Å². The zero-order valence-electron chi connectivity index (χ0n) is 34.4. The van der Waals surface area contributed by atoms with Crippen molar-refractivity contribution in [1.29, 1.82) is 0 Å². The highest BCUT2D eigenvalue weighted by Crippen LogP contribution is 2.36. The topological polar surface area (TPSA) is 146 Å². The van der Waals surface area contributed by atoms with E-state index in [2.05, 4.69) is 15.5 Å². The number of benzene rings is 4. The van der Waals surface area contributed by atoms with E-state index in [1.165, 1.54) is 24.3 Å². The maximum absolute atomic E-state index is 14.0. The van der Waals surface area contributed by atoms with Crippen molar-refractivity contribution < 1.29 is 35.9 Å². The Hall–Kier alpha value is -6.36. The number of carbonyl (C=O) groups excluding carboxylic acids is 2. The van der Waals surface area contributed by atoms with Gasteiger partial charge in [0.2, 0.25) is 0 Å². The van der Waals surface area contributed by atoms with Gasteiger partial charge in [0.25, 0.3) is 11.8 Å². The van der Waals surface area contributed by atoms with Crippen LogP contribution in [-0.2, 0) is 21.9 Å². The second-order valence-corrected chi connectivity index (χ2v) is 15.9. The average molecular weight is 871 g/mol. The molecular formula is C47H48F6N8O2. The SMILES string of the molecule is CN(CCCN1CC(Nc2cccc(C(F)(F)F)c2)=C([C@H](N)c2ccc(N)cc2)C1=O)CCCN1CC(Nc2cccc(C(F)(F)F)c2)=C([C@H](N)c2ccc(C3=CC=C3)cc2)C1=O. The van der Waals surface area contributed by atoms with Crippen molar-refractivity contribution in [3.05, 3.63) is 166 Å². The van der Waals surface area contributed by atoms with Crippen LogP contribution in [0.25, 0.3) is 5.57 Å². The molecule has 63 heavy (non-hydrogen) atoms. The van der Waals surface area contributed by atoms with Crippen LogP contribution >= 0.6 is 0 Å². The molecule has 0 saturated carbocycles. The van der Waals surface area contributed by atoms with Crippen LogP contribution in [0.2, 0.25) is 0 Å². The van der Waals surface area contributed by atoms with Gasteiger partial charge in [-0.25, -0.2) is 0 Å². The molecule has 0 fully saturated rings. The van der Waals surface area contributed by atoms with Crippen LogP contribution in [-0.4, -0.2) is 72.8 Å². The minimum Gasteiger partial charge on any atom is -0.399 e. The number of nitrogens with zero attached hydrogens (tertiary/aromatic N) is 3. The number of anilines is 3. The Bertz CT molecular complexity index is 2460. The number of alkyl halides is 6. The summed E-state index contributed by atoms with van der Waals surface area (Å²) in [4.78, 5) is 33.2. The fraction of sp³-hybridized carbons (Fsp3) is 0.277. The van der Waals surface area contributed by atoms with Crippen molar-refractivity contribution >= 4 is 34.4 Å². The lowest BCUT2D eigenvalue weighted by atomic mass is 9.94. The Balaban J connectivity index is 0.970. The molecule has 0 aromatic heterocycles. The van der Waals surface area contributed by atoms with Crippen LogP contribution < -0.4 is 27.8 Å². The Morgan fingerprint density at radius 3 is 1.49 bits per heavy atom. The first-order chi connectivity index (χ1) is 30.0. The molecule has 7 rings (SSSR count). The molecule has 0 bridgehead atoms. The van der Waals surface area contributed by atoms with Gasteiger partial charge in [0, 0.05) is 41.5 Å². The highest BCUT2D eigenvalue weighted by molar-refractivity contribution is 6.00. The number of halogens is 6. The Morgan fingerprint density at radius 2 is 1.10 bits per heavy atom. The minimum atomic E-state index is -4.55. The molecule has 2 heterocycles. The third kappa shape index (κ3) is 10.5. The van der Waals surface area contributed by atoms with Crippen molar-refractivity contribution in [1.82, 2.24) is 14.7 Å². The third-order valence-corrected chi connectivity index (χ3v) is 11.4. The predicted octanol–water partition coefficient (Wildman–Crippen LogP) is 8.09. The number of rotatable bonds is 17. The molecule has 0 unspecified atom stereocenters. The molecule has 2 aliphatic heterocycles. The first-order valence-corrected chi connectivity index (χ1v) is 20.4. The molecule has 8 N–H and O–H groups in total. The predicted molar refractivity (Wildman–Crippen MR) is 232 cm³/mol. The third-order valence-electron chi connectivity index (χ3n) is 11.4. The van der Waals surface area contributed by atoms with Crippen molar-refractivity contribution in [2.45, 2.75) is 37.3 Å². The van der Waals surface area contributed by atoms with E-state index in [4.69, 9.17) is 17.2 Å². The van der Waals surface area contributed by atoms with E-state index in [1.807, 2.05) is 49.5 Å².